The Kier molecular flexibility index (Phi) is 4.58. The molecule has 4 heterocycles. The molecule has 2 saturated heterocycles. The van der Waals surface area contributed by atoms with E-state index in [1.807, 2.05) is 0 Å². The quantitative estimate of drug-likeness (QED) is 0.738. The van der Waals surface area contributed by atoms with Gasteiger partial charge in [0.25, 0.3) is 5.91 Å². The maximum Gasteiger partial charge on any atom is 0.260 e. The van der Waals surface area contributed by atoms with E-state index in [1.54, 1.807) is 0 Å². The smallest absolute Gasteiger partial charge is 0.260 e. The van der Waals surface area contributed by atoms with Gasteiger partial charge < -0.3 is 26.4 Å². The molecule has 26 heavy (non-hydrogen) atoms. The third-order valence-corrected chi connectivity index (χ3v) is 6.30. The highest BCUT2D eigenvalue weighted by Crippen LogP contribution is 2.39. The second-order valence-corrected chi connectivity index (χ2v) is 8.00. The van der Waals surface area contributed by atoms with E-state index in [2.05, 4.69) is 14.8 Å². The number of nitrogens with zero attached hydrogens (tertiary/aromatic N) is 4. The SMILES string of the molecule is NC(=O)c1sc2nc(N3CCC(O)CC3)nc(N3CCCCC3)c2c1N. The normalized spacial score (nSPS) is 19.3. The van der Waals surface area contributed by atoms with Crippen LogP contribution in [0.2, 0.25) is 0 Å². The number of amides is 1. The molecule has 0 aliphatic carbocycles. The third-order valence-electron chi connectivity index (χ3n) is 5.18. The number of carbonyl (C=O) groups excluding carboxylic acids is 1. The second-order valence-electron chi connectivity index (χ2n) is 7.00. The van der Waals surface area contributed by atoms with Gasteiger partial charge in [0.1, 0.15) is 15.5 Å². The predicted molar refractivity (Wildman–Crippen MR) is 104 cm³/mol. The van der Waals surface area contributed by atoms with Crippen molar-refractivity contribution in [2.45, 2.75) is 38.2 Å². The molecule has 0 saturated carbocycles. The maximum atomic E-state index is 11.8. The number of rotatable bonds is 3. The van der Waals surface area contributed by atoms with Crippen molar-refractivity contribution in [1.82, 2.24) is 9.97 Å². The first-order valence-corrected chi connectivity index (χ1v) is 9.94. The Balaban J connectivity index is 1.82. The molecule has 0 bridgehead atoms. The average Bonchev–Trinajstić information content (AvgIpc) is 2.99. The molecule has 1 amide bonds. The molecular weight excluding hydrogens is 352 g/mol. The van der Waals surface area contributed by atoms with Crippen molar-refractivity contribution in [3.8, 4) is 0 Å². The summed E-state index contributed by atoms with van der Waals surface area (Å²) in [5, 5.41) is 10.5. The molecule has 0 unspecified atom stereocenters. The first-order chi connectivity index (χ1) is 12.5. The maximum absolute atomic E-state index is 11.8. The molecule has 5 N–H and O–H groups in total. The summed E-state index contributed by atoms with van der Waals surface area (Å²) in [5.74, 6) is 0.914. The van der Waals surface area contributed by atoms with Gasteiger partial charge in [0.15, 0.2) is 0 Å². The minimum atomic E-state index is -0.530. The zero-order valence-corrected chi connectivity index (χ0v) is 15.5. The average molecular weight is 376 g/mol. The summed E-state index contributed by atoms with van der Waals surface area (Å²) in [6.45, 7) is 3.28. The molecule has 2 aromatic heterocycles. The highest BCUT2D eigenvalue weighted by atomic mass is 32.1. The van der Waals surface area contributed by atoms with E-state index in [1.165, 1.54) is 17.8 Å². The van der Waals surface area contributed by atoms with Gasteiger partial charge in [-0.15, -0.1) is 11.3 Å². The van der Waals surface area contributed by atoms with Gasteiger partial charge in [0.2, 0.25) is 5.95 Å². The van der Waals surface area contributed by atoms with Crippen molar-refractivity contribution in [2.75, 3.05) is 41.7 Å². The number of primary amides is 1. The molecule has 140 valence electrons. The molecule has 9 heteroatoms. The van der Waals surface area contributed by atoms with Gasteiger partial charge in [-0.2, -0.15) is 4.98 Å². The molecule has 4 rings (SSSR count). The highest BCUT2D eigenvalue weighted by Gasteiger charge is 2.26. The van der Waals surface area contributed by atoms with Crippen LogP contribution >= 0.6 is 11.3 Å². The predicted octanol–water partition coefficient (Wildman–Crippen LogP) is 1.32. The van der Waals surface area contributed by atoms with Crippen molar-refractivity contribution in [3.05, 3.63) is 4.88 Å². The molecule has 0 atom stereocenters. The van der Waals surface area contributed by atoms with Crippen LogP contribution in [0, 0.1) is 0 Å². The summed E-state index contributed by atoms with van der Waals surface area (Å²) in [5.41, 5.74) is 12.1. The topological polar surface area (TPSA) is 122 Å². The number of fused-ring (bicyclic) bond motifs is 1. The van der Waals surface area contributed by atoms with Crippen molar-refractivity contribution in [2.24, 2.45) is 5.73 Å². The second kappa shape index (κ2) is 6.88. The number of thiophene rings is 1. The number of hydrogen-bond acceptors (Lipinski definition) is 8. The number of carbonyl (C=O) groups is 1. The standard InChI is InChI=1S/C17H24N6O2S/c18-12-11-15(22-6-2-1-3-7-22)20-17(23-8-4-10(24)5-9-23)21-16(11)26-13(12)14(19)25/h10,24H,1-9,18H2,(H2,19,25). The molecule has 2 aliphatic heterocycles. The zero-order valence-electron chi connectivity index (χ0n) is 14.6. The van der Waals surface area contributed by atoms with Crippen LogP contribution in [-0.2, 0) is 0 Å². The van der Waals surface area contributed by atoms with Crippen LogP contribution in [0.1, 0.15) is 41.8 Å². The lowest BCUT2D eigenvalue weighted by atomic mass is 10.1. The molecule has 2 fully saturated rings. The molecule has 8 nitrogen and oxygen atoms in total. The van der Waals surface area contributed by atoms with E-state index < -0.39 is 5.91 Å². The number of aromatic nitrogens is 2. The molecule has 2 aromatic rings. The largest absolute Gasteiger partial charge is 0.397 e. The molecular formula is C17H24N6O2S. The Morgan fingerprint density at radius 3 is 2.42 bits per heavy atom. The molecule has 2 aliphatic rings. The van der Waals surface area contributed by atoms with Gasteiger partial charge >= 0.3 is 0 Å². The van der Waals surface area contributed by atoms with Gasteiger partial charge in [0, 0.05) is 26.2 Å². The summed E-state index contributed by atoms with van der Waals surface area (Å²) >= 11 is 1.24. The number of piperidine rings is 2. The van der Waals surface area contributed by atoms with Gasteiger partial charge in [0.05, 0.1) is 17.2 Å². The van der Waals surface area contributed by atoms with Gasteiger partial charge in [-0.1, -0.05) is 0 Å². The minimum absolute atomic E-state index is 0.254. The van der Waals surface area contributed by atoms with Crippen LogP contribution in [0.5, 0.6) is 0 Å². The van der Waals surface area contributed by atoms with Crippen LogP contribution in [-0.4, -0.2) is 53.3 Å². The Labute approximate surface area is 155 Å². The van der Waals surface area contributed by atoms with Gasteiger partial charge in [-0.3, -0.25) is 4.79 Å². The Morgan fingerprint density at radius 2 is 1.77 bits per heavy atom. The number of anilines is 3. The van der Waals surface area contributed by atoms with Crippen molar-refractivity contribution in [1.29, 1.82) is 0 Å². The van der Waals surface area contributed by atoms with Crippen LogP contribution in [0.25, 0.3) is 10.2 Å². The zero-order chi connectivity index (χ0) is 18.3. The first-order valence-electron chi connectivity index (χ1n) is 9.12. The Hall–Kier alpha value is -2.13. The molecule has 0 spiro atoms. The summed E-state index contributed by atoms with van der Waals surface area (Å²) in [6.07, 6.45) is 4.61. The fourth-order valence-corrected chi connectivity index (χ4v) is 4.65. The Morgan fingerprint density at radius 1 is 1.08 bits per heavy atom. The lowest BCUT2D eigenvalue weighted by molar-refractivity contribution is 0.100. The van der Waals surface area contributed by atoms with E-state index in [4.69, 9.17) is 16.5 Å². The van der Waals surface area contributed by atoms with Crippen LogP contribution in [0.3, 0.4) is 0 Å². The Bertz CT molecular complexity index is 824. The first kappa shape index (κ1) is 17.3. The van der Waals surface area contributed by atoms with E-state index in [0.717, 1.165) is 50.2 Å². The summed E-state index contributed by atoms with van der Waals surface area (Å²) in [7, 11) is 0. The molecule has 0 aromatic carbocycles. The summed E-state index contributed by atoms with van der Waals surface area (Å²) in [4.78, 5) is 26.7. The van der Waals surface area contributed by atoms with Crippen LogP contribution in [0.4, 0.5) is 17.5 Å². The fraction of sp³-hybridized carbons (Fsp3) is 0.588. The van der Waals surface area contributed by atoms with Crippen LogP contribution < -0.4 is 21.3 Å². The van der Waals surface area contributed by atoms with Crippen molar-refractivity contribution in [3.63, 3.8) is 0 Å². The van der Waals surface area contributed by atoms with Crippen LogP contribution in [0.15, 0.2) is 0 Å². The highest BCUT2D eigenvalue weighted by molar-refractivity contribution is 7.21. The lowest BCUT2D eigenvalue weighted by Gasteiger charge is -2.32. The fourth-order valence-electron chi connectivity index (χ4n) is 3.72. The van der Waals surface area contributed by atoms with Crippen molar-refractivity contribution >= 4 is 44.9 Å². The van der Waals surface area contributed by atoms with Gasteiger partial charge in [-0.25, -0.2) is 4.98 Å². The minimum Gasteiger partial charge on any atom is -0.397 e. The summed E-state index contributed by atoms with van der Waals surface area (Å²) in [6, 6.07) is 0. The third kappa shape index (κ3) is 3.05. The van der Waals surface area contributed by atoms with E-state index in [0.29, 0.717) is 34.2 Å². The number of nitrogen functional groups attached to an aromatic ring is 1. The summed E-state index contributed by atoms with van der Waals surface area (Å²) < 4.78 is 0. The lowest BCUT2D eigenvalue weighted by Crippen LogP contribution is -2.37. The van der Waals surface area contributed by atoms with E-state index in [-0.39, 0.29) is 6.10 Å². The van der Waals surface area contributed by atoms with E-state index in [9.17, 15) is 9.90 Å². The molecule has 0 radical (unpaired) electrons. The van der Waals surface area contributed by atoms with Gasteiger partial charge in [-0.05, 0) is 32.1 Å². The number of nitrogens with two attached hydrogens (primary N) is 2. The monoisotopic (exact) mass is 376 g/mol. The number of hydrogen-bond donors (Lipinski definition) is 3. The van der Waals surface area contributed by atoms with E-state index >= 15 is 0 Å². The number of aliphatic hydroxyl groups is 1. The van der Waals surface area contributed by atoms with Crippen molar-refractivity contribution < 1.29 is 9.90 Å². The number of aliphatic hydroxyl groups excluding tert-OH is 1.